The number of ether oxygens (including phenoxy) is 3. The van der Waals surface area contributed by atoms with E-state index in [4.69, 9.17) is 14.2 Å². The van der Waals surface area contributed by atoms with Crippen LogP contribution < -0.4 is 19.1 Å². The predicted octanol–water partition coefficient (Wildman–Crippen LogP) is 3.68. The molecule has 1 N–H and O–H groups in total. The first-order chi connectivity index (χ1) is 13.1. The van der Waals surface area contributed by atoms with Crippen molar-refractivity contribution in [1.29, 1.82) is 0 Å². The Balaban J connectivity index is 1.76. The van der Waals surface area contributed by atoms with Crippen molar-refractivity contribution in [3.05, 3.63) is 47.5 Å². The number of methoxy groups -OCH3 is 2. The average molecular weight is 369 g/mol. The van der Waals surface area contributed by atoms with Gasteiger partial charge in [0.05, 0.1) is 26.0 Å². The van der Waals surface area contributed by atoms with Gasteiger partial charge in [-0.05, 0) is 31.7 Å². The molecule has 0 saturated heterocycles. The number of aliphatic hydroxyl groups excluding tert-OH is 1. The quantitative estimate of drug-likeness (QED) is 0.871. The monoisotopic (exact) mass is 369 g/mol. The summed E-state index contributed by atoms with van der Waals surface area (Å²) in [6, 6.07) is 10.5. The second-order valence-electron chi connectivity index (χ2n) is 6.84. The van der Waals surface area contributed by atoms with Gasteiger partial charge in [-0.15, -0.1) is 0 Å². The lowest BCUT2D eigenvalue weighted by Gasteiger charge is -2.25. The Morgan fingerprint density at radius 3 is 2.37 bits per heavy atom. The third-order valence-corrected chi connectivity index (χ3v) is 5.25. The van der Waals surface area contributed by atoms with E-state index < -0.39 is 6.23 Å². The van der Waals surface area contributed by atoms with Crippen LogP contribution in [-0.4, -0.2) is 31.3 Å². The zero-order valence-electron chi connectivity index (χ0n) is 15.5. The van der Waals surface area contributed by atoms with Crippen molar-refractivity contribution in [1.82, 2.24) is 0 Å². The van der Waals surface area contributed by atoms with Crippen LogP contribution in [0.15, 0.2) is 36.4 Å². The summed E-state index contributed by atoms with van der Waals surface area (Å²) in [7, 11) is 3.09. The molecule has 1 aliphatic heterocycles. The average Bonchev–Trinajstić information content (AvgIpc) is 3.29. The second-order valence-corrected chi connectivity index (χ2v) is 6.84. The number of carbonyl (C=O) groups is 1. The topological polar surface area (TPSA) is 68.2 Å². The molecule has 142 valence electrons. The number of carbonyl (C=O) groups excluding carboxylic acids is 1. The Labute approximate surface area is 158 Å². The number of benzene rings is 2. The smallest absolute Gasteiger partial charge is 0.261 e. The van der Waals surface area contributed by atoms with E-state index in [-0.39, 0.29) is 12.0 Å². The molecule has 0 radical (unpaired) electrons. The minimum atomic E-state index is -1.07. The van der Waals surface area contributed by atoms with Gasteiger partial charge in [0, 0.05) is 23.3 Å². The van der Waals surface area contributed by atoms with Crippen LogP contribution in [0.5, 0.6) is 17.2 Å². The number of nitrogens with zero attached hydrogens (tertiary/aromatic N) is 1. The van der Waals surface area contributed by atoms with Crippen LogP contribution in [-0.2, 0) is 0 Å². The van der Waals surface area contributed by atoms with E-state index in [0.717, 1.165) is 25.7 Å². The molecule has 0 spiro atoms. The lowest BCUT2D eigenvalue weighted by Crippen LogP contribution is -2.28. The fraction of sp³-hybridized carbons (Fsp3) is 0.381. The molecule has 1 fully saturated rings. The van der Waals surface area contributed by atoms with Crippen LogP contribution in [0, 0.1) is 0 Å². The van der Waals surface area contributed by atoms with Crippen LogP contribution in [0.1, 0.15) is 47.8 Å². The van der Waals surface area contributed by atoms with E-state index in [9.17, 15) is 9.90 Å². The van der Waals surface area contributed by atoms with E-state index >= 15 is 0 Å². The van der Waals surface area contributed by atoms with E-state index in [1.54, 1.807) is 43.5 Å². The largest absolute Gasteiger partial charge is 0.494 e. The molecule has 1 unspecified atom stereocenters. The third-order valence-electron chi connectivity index (χ3n) is 5.25. The molecular weight excluding hydrogens is 346 g/mol. The van der Waals surface area contributed by atoms with Gasteiger partial charge < -0.3 is 19.3 Å². The predicted molar refractivity (Wildman–Crippen MR) is 101 cm³/mol. The number of aliphatic hydroxyl groups is 1. The van der Waals surface area contributed by atoms with Gasteiger partial charge in [-0.2, -0.15) is 0 Å². The summed E-state index contributed by atoms with van der Waals surface area (Å²) in [6.45, 7) is 0. The molecule has 1 heterocycles. The zero-order valence-corrected chi connectivity index (χ0v) is 15.5. The first-order valence-electron chi connectivity index (χ1n) is 9.17. The fourth-order valence-corrected chi connectivity index (χ4v) is 3.86. The molecule has 0 bridgehead atoms. The zero-order chi connectivity index (χ0) is 19.0. The van der Waals surface area contributed by atoms with Crippen LogP contribution in [0.4, 0.5) is 5.69 Å². The summed E-state index contributed by atoms with van der Waals surface area (Å²) in [5, 5.41) is 10.8. The summed E-state index contributed by atoms with van der Waals surface area (Å²) in [5.41, 5.74) is 1.53. The summed E-state index contributed by atoms with van der Waals surface area (Å²) >= 11 is 0. The Morgan fingerprint density at radius 1 is 1.00 bits per heavy atom. The van der Waals surface area contributed by atoms with Crippen molar-refractivity contribution >= 4 is 11.6 Å². The van der Waals surface area contributed by atoms with Gasteiger partial charge in [0.1, 0.15) is 5.75 Å². The van der Waals surface area contributed by atoms with Gasteiger partial charge in [0.15, 0.2) is 17.7 Å². The first-order valence-corrected chi connectivity index (χ1v) is 9.17. The van der Waals surface area contributed by atoms with Crippen molar-refractivity contribution in [2.24, 2.45) is 0 Å². The van der Waals surface area contributed by atoms with Crippen molar-refractivity contribution in [2.75, 3.05) is 19.1 Å². The van der Waals surface area contributed by atoms with Gasteiger partial charge in [-0.3, -0.25) is 9.69 Å². The molecule has 2 aliphatic rings. The van der Waals surface area contributed by atoms with Crippen molar-refractivity contribution < 1.29 is 24.1 Å². The lowest BCUT2D eigenvalue weighted by molar-refractivity contribution is 0.0933. The molecule has 2 aromatic rings. The number of rotatable bonds is 5. The van der Waals surface area contributed by atoms with Crippen LogP contribution in [0.2, 0.25) is 0 Å². The lowest BCUT2D eigenvalue weighted by atomic mass is 10.1. The number of hydrogen-bond donors (Lipinski definition) is 1. The SMILES string of the molecule is COc1cc(OC)c(N2C(=O)c3ccccc3C2O)cc1OC1CCCC1. The molecular formula is C21H23NO5. The minimum Gasteiger partial charge on any atom is -0.494 e. The highest BCUT2D eigenvalue weighted by Crippen LogP contribution is 2.46. The standard InChI is InChI=1S/C21H23NO5/c1-25-17-12-18(26-2)19(27-13-7-3-4-8-13)11-16(17)22-20(23)14-9-5-6-10-15(14)21(22)24/h5-6,9-13,20,23H,3-4,7-8H2,1-2H3. The Hall–Kier alpha value is -2.73. The maximum Gasteiger partial charge on any atom is 0.261 e. The van der Waals surface area contributed by atoms with Crippen LogP contribution in [0.25, 0.3) is 0 Å². The highest BCUT2D eigenvalue weighted by atomic mass is 16.5. The second kappa shape index (κ2) is 7.12. The molecule has 0 aromatic heterocycles. The molecule has 1 amide bonds. The van der Waals surface area contributed by atoms with Crippen molar-refractivity contribution in [3.63, 3.8) is 0 Å². The molecule has 6 heteroatoms. The maximum absolute atomic E-state index is 12.9. The van der Waals surface area contributed by atoms with Crippen molar-refractivity contribution in [2.45, 2.75) is 38.0 Å². The Kier molecular flexibility index (Phi) is 4.66. The van der Waals surface area contributed by atoms with Gasteiger partial charge in [-0.1, -0.05) is 18.2 Å². The van der Waals surface area contributed by atoms with Crippen molar-refractivity contribution in [3.8, 4) is 17.2 Å². The van der Waals surface area contributed by atoms with Gasteiger partial charge in [0.25, 0.3) is 5.91 Å². The highest BCUT2D eigenvalue weighted by molar-refractivity contribution is 6.11. The summed E-state index contributed by atoms with van der Waals surface area (Å²) in [4.78, 5) is 14.3. The molecule has 1 saturated carbocycles. The summed E-state index contributed by atoms with van der Waals surface area (Å²) in [6.07, 6.45) is 3.36. The van der Waals surface area contributed by atoms with Crippen LogP contribution in [0.3, 0.4) is 0 Å². The van der Waals surface area contributed by atoms with E-state index in [1.165, 1.54) is 12.0 Å². The molecule has 2 aromatic carbocycles. The number of amides is 1. The number of hydrogen-bond acceptors (Lipinski definition) is 5. The molecule has 1 aliphatic carbocycles. The summed E-state index contributed by atoms with van der Waals surface area (Å²) < 4.78 is 17.1. The highest BCUT2D eigenvalue weighted by Gasteiger charge is 2.38. The van der Waals surface area contributed by atoms with E-state index in [2.05, 4.69) is 0 Å². The number of fused-ring (bicyclic) bond motifs is 1. The number of anilines is 1. The molecule has 1 atom stereocenters. The minimum absolute atomic E-state index is 0.136. The molecule has 4 rings (SSSR count). The van der Waals surface area contributed by atoms with E-state index in [1.807, 2.05) is 0 Å². The molecule has 27 heavy (non-hydrogen) atoms. The normalized spacial score (nSPS) is 19.3. The third kappa shape index (κ3) is 3.00. The fourth-order valence-electron chi connectivity index (χ4n) is 3.86. The van der Waals surface area contributed by atoms with E-state index in [0.29, 0.717) is 34.1 Å². The molecule has 6 nitrogen and oxygen atoms in total. The van der Waals surface area contributed by atoms with Gasteiger partial charge in [-0.25, -0.2) is 0 Å². The Morgan fingerprint density at radius 2 is 1.70 bits per heavy atom. The summed E-state index contributed by atoms with van der Waals surface area (Å²) in [5.74, 6) is 1.26. The Bertz CT molecular complexity index is 860. The van der Waals surface area contributed by atoms with Crippen LogP contribution >= 0.6 is 0 Å². The van der Waals surface area contributed by atoms with Gasteiger partial charge in [0.2, 0.25) is 0 Å². The first kappa shape index (κ1) is 17.7. The van der Waals surface area contributed by atoms with Gasteiger partial charge >= 0.3 is 0 Å². The maximum atomic E-state index is 12.9.